The van der Waals surface area contributed by atoms with Crippen LogP contribution in [0.3, 0.4) is 0 Å². The first-order valence-electron chi connectivity index (χ1n) is 2.89. The molecule has 0 aromatic rings. The molecule has 48 valence electrons. The molecule has 0 aliphatic rings. The average molecular weight is 118 g/mol. The Bertz CT molecular complexity index is 63.5. The van der Waals surface area contributed by atoms with Crippen molar-refractivity contribution in [1.82, 2.24) is 0 Å². The normalized spacial score (nSPS) is 13.2. The van der Waals surface area contributed by atoms with Crippen LogP contribution in [0.15, 0.2) is 0 Å². The van der Waals surface area contributed by atoms with Crippen LogP contribution in [0.25, 0.3) is 0 Å². The third-order valence-electron chi connectivity index (χ3n) is 1.04. The van der Waals surface area contributed by atoms with Crippen LogP contribution in [0.2, 0.25) is 0 Å². The van der Waals surface area contributed by atoms with E-state index in [0.717, 1.165) is 6.29 Å². The van der Waals surface area contributed by atoms with Crippen LogP contribution in [0, 0.1) is 0 Å². The van der Waals surface area contributed by atoms with Gasteiger partial charge in [0.05, 0.1) is 0 Å². The zero-order valence-corrected chi connectivity index (χ0v) is 5.06. The molecule has 0 spiro atoms. The van der Waals surface area contributed by atoms with Crippen molar-refractivity contribution >= 4 is 6.29 Å². The number of aldehydes is 1. The highest BCUT2D eigenvalue weighted by molar-refractivity contribution is 5.49. The topological polar surface area (TPSA) is 17.1 Å². The van der Waals surface area contributed by atoms with Crippen LogP contribution < -0.4 is 0 Å². The number of carbonyl (C=O) groups excluding carboxylic acids is 1. The molecule has 0 saturated carbocycles. The Morgan fingerprint density at radius 3 is 2.75 bits per heavy atom. The molecule has 0 aliphatic heterocycles. The summed E-state index contributed by atoms with van der Waals surface area (Å²) in [5.74, 6) is 0. The fourth-order valence-corrected chi connectivity index (χ4v) is 0.453. The van der Waals surface area contributed by atoms with Gasteiger partial charge in [-0.15, -0.1) is 0 Å². The smallest absolute Gasteiger partial charge is 0.120 e. The highest BCUT2D eigenvalue weighted by Gasteiger charge is 1.99. The summed E-state index contributed by atoms with van der Waals surface area (Å²) in [6, 6.07) is 0. The van der Waals surface area contributed by atoms with Gasteiger partial charge in [-0.2, -0.15) is 0 Å². The Hall–Kier alpha value is -0.400. The van der Waals surface area contributed by atoms with Crippen LogP contribution in [-0.2, 0) is 4.79 Å². The standard InChI is InChI=1S/C6H11FO/c1-2-6(7)4-3-5-8/h5-6H,2-4H2,1H3. The van der Waals surface area contributed by atoms with E-state index < -0.39 is 6.17 Å². The Labute approximate surface area is 48.9 Å². The first-order valence-corrected chi connectivity index (χ1v) is 2.89. The number of hydrogen-bond acceptors (Lipinski definition) is 1. The number of halogens is 1. The van der Waals surface area contributed by atoms with E-state index in [1.54, 1.807) is 6.92 Å². The van der Waals surface area contributed by atoms with Gasteiger partial charge in [-0.05, 0) is 12.8 Å². The minimum Gasteiger partial charge on any atom is -0.303 e. The lowest BCUT2D eigenvalue weighted by Crippen LogP contribution is -1.96. The molecule has 0 N–H and O–H groups in total. The van der Waals surface area contributed by atoms with Crippen LogP contribution in [-0.4, -0.2) is 12.5 Å². The minimum atomic E-state index is -0.778. The van der Waals surface area contributed by atoms with Crippen molar-refractivity contribution in [3.8, 4) is 0 Å². The number of carbonyl (C=O) groups is 1. The molecule has 0 rings (SSSR count). The third kappa shape index (κ3) is 3.78. The molecular formula is C6H11FO. The molecule has 0 aromatic heterocycles. The van der Waals surface area contributed by atoms with Gasteiger partial charge >= 0.3 is 0 Å². The summed E-state index contributed by atoms with van der Waals surface area (Å²) in [7, 11) is 0. The highest BCUT2D eigenvalue weighted by Crippen LogP contribution is 2.03. The molecule has 0 fully saturated rings. The van der Waals surface area contributed by atoms with Gasteiger partial charge in [-0.25, -0.2) is 4.39 Å². The molecule has 1 atom stereocenters. The van der Waals surface area contributed by atoms with Crippen molar-refractivity contribution in [1.29, 1.82) is 0 Å². The molecule has 0 bridgehead atoms. The minimum absolute atomic E-state index is 0.356. The van der Waals surface area contributed by atoms with Crippen molar-refractivity contribution in [2.45, 2.75) is 32.4 Å². The summed E-state index contributed by atoms with van der Waals surface area (Å²) in [6.07, 6.45) is 1.24. The molecule has 2 heteroatoms. The largest absolute Gasteiger partial charge is 0.303 e. The molecule has 0 aromatic carbocycles. The summed E-state index contributed by atoms with van der Waals surface area (Å²) in [4.78, 5) is 9.66. The number of hydrogen-bond donors (Lipinski definition) is 0. The van der Waals surface area contributed by atoms with Gasteiger partial charge in [-0.3, -0.25) is 0 Å². The highest BCUT2D eigenvalue weighted by atomic mass is 19.1. The van der Waals surface area contributed by atoms with Crippen LogP contribution in [0.1, 0.15) is 26.2 Å². The maximum Gasteiger partial charge on any atom is 0.120 e. The van der Waals surface area contributed by atoms with Gasteiger partial charge in [0.1, 0.15) is 12.5 Å². The predicted octanol–water partition coefficient (Wildman–Crippen LogP) is 1.71. The monoisotopic (exact) mass is 118 g/mol. The Kier molecular flexibility index (Phi) is 4.51. The lowest BCUT2D eigenvalue weighted by molar-refractivity contribution is -0.108. The maximum absolute atomic E-state index is 12.2. The lowest BCUT2D eigenvalue weighted by atomic mass is 10.2. The third-order valence-corrected chi connectivity index (χ3v) is 1.04. The van der Waals surface area contributed by atoms with Crippen LogP contribution in [0.5, 0.6) is 0 Å². The predicted molar refractivity (Wildman–Crippen MR) is 30.5 cm³/mol. The number of alkyl halides is 1. The van der Waals surface area contributed by atoms with Gasteiger partial charge in [0.15, 0.2) is 0 Å². The Morgan fingerprint density at radius 2 is 2.38 bits per heavy atom. The van der Waals surface area contributed by atoms with Gasteiger partial charge in [0.25, 0.3) is 0 Å². The van der Waals surface area contributed by atoms with E-state index in [-0.39, 0.29) is 0 Å². The fraction of sp³-hybridized carbons (Fsp3) is 0.833. The van der Waals surface area contributed by atoms with Crippen molar-refractivity contribution in [2.75, 3.05) is 0 Å². The maximum atomic E-state index is 12.2. The molecule has 0 radical (unpaired) electrons. The zero-order chi connectivity index (χ0) is 6.41. The molecule has 0 aliphatic carbocycles. The summed E-state index contributed by atoms with van der Waals surface area (Å²) >= 11 is 0. The Balaban J connectivity index is 2.97. The molecule has 1 nitrogen and oxygen atoms in total. The van der Waals surface area contributed by atoms with Gasteiger partial charge in [0, 0.05) is 6.42 Å². The zero-order valence-electron chi connectivity index (χ0n) is 5.06. The van der Waals surface area contributed by atoms with Gasteiger partial charge in [-0.1, -0.05) is 6.92 Å². The first kappa shape index (κ1) is 7.60. The SMILES string of the molecule is CCC(F)CCC=O. The van der Waals surface area contributed by atoms with Crippen molar-refractivity contribution < 1.29 is 9.18 Å². The lowest BCUT2D eigenvalue weighted by Gasteiger charge is -1.97. The fourth-order valence-electron chi connectivity index (χ4n) is 0.453. The van der Waals surface area contributed by atoms with E-state index in [0.29, 0.717) is 19.3 Å². The molecule has 0 heterocycles. The first-order chi connectivity index (χ1) is 3.81. The second-order valence-corrected chi connectivity index (χ2v) is 1.75. The molecular weight excluding hydrogens is 107 g/mol. The summed E-state index contributed by atoms with van der Waals surface area (Å²) < 4.78 is 12.2. The molecule has 8 heavy (non-hydrogen) atoms. The summed E-state index contributed by atoms with van der Waals surface area (Å²) in [6.45, 7) is 1.77. The van der Waals surface area contributed by atoms with Crippen molar-refractivity contribution in [3.63, 3.8) is 0 Å². The Morgan fingerprint density at radius 1 is 1.75 bits per heavy atom. The van der Waals surface area contributed by atoms with E-state index >= 15 is 0 Å². The van der Waals surface area contributed by atoms with E-state index in [1.807, 2.05) is 0 Å². The quantitative estimate of drug-likeness (QED) is 0.513. The van der Waals surface area contributed by atoms with E-state index in [4.69, 9.17) is 0 Å². The molecule has 0 amide bonds. The van der Waals surface area contributed by atoms with Gasteiger partial charge < -0.3 is 4.79 Å². The van der Waals surface area contributed by atoms with Gasteiger partial charge in [0.2, 0.25) is 0 Å². The number of rotatable bonds is 4. The van der Waals surface area contributed by atoms with Crippen LogP contribution in [0.4, 0.5) is 4.39 Å². The van der Waals surface area contributed by atoms with Crippen molar-refractivity contribution in [2.24, 2.45) is 0 Å². The molecule has 1 unspecified atom stereocenters. The second-order valence-electron chi connectivity index (χ2n) is 1.75. The van der Waals surface area contributed by atoms with Crippen LogP contribution >= 0.6 is 0 Å². The summed E-state index contributed by atoms with van der Waals surface area (Å²) in [5.41, 5.74) is 0. The van der Waals surface area contributed by atoms with Crippen molar-refractivity contribution in [3.05, 3.63) is 0 Å². The average Bonchev–Trinajstić information content (AvgIpc) is 1.83. The van der Waals surface area contributed by atoms with E-state index in [2.05, 4.69) is 0 Å². The molecule has 0 saturated heterocycles. The second kappa shape index (κ2) is 4.75. The van der Waals surface area contributed by atoms with E-state index in [1.165, 1.54) is 0 Å². The van der Waals surface area contributed by atoms with E-state index in [9.17, 15) is 9.18 Å². The summed E-state index contributed by atoms with van der Waals surface area (Å²) in [5, 5.41) is 0.